The van der Waals surface area contributed by atoms with Crippen LogP contribution >= 0.6 is 0 Å². The van der Waals surface area contributed by atoms with Crippen LogP contribution in [-0.4, -0.2) is 11.5 Å². The monoisotopic (exact) mass is 271 g/mol. The number of fused-ring (bicyclic) bond motifs is 2. The molecule has 0 fully saturated rings. The topological polar surface area (TPSA) is 39.9 Å². The zero-order valence-electron chi connectivity index (χ0n) is 11.5. The first-order valence-electron chi connectivity index (χ1n) is 7.02. The van der Waals surface area contributed by atoms with Crippen molar-refractivity contribution < 1.29 is 0 Å². The fraction of sp³-hybridized carbons (Fsp3) is 0.111. The molecule has 0 amide bonds. The maximum absolute atomic E-state index is 9.47. The molecule has 0 saturated carbocycles. The number of anilines is 2. The lowest BCUT2D eigenvalue weighted by Gasteiger charge is -2.20. The van der Waals surface area contributed by atoms with Gasteiger partial charge in [0, 0.05) is 17.6 Å². The molecule has 0 atom stereocenters. The van der Waals surface area contributed by atoms with Gasteiger partial charge in [0.1, 0.15) is 6.07 Å². The van der Waals surface area contributed by atoms with E-state index in [2.05, 4.69) is 29.2 Å². The highest BCUT2D eigenvalue weighted by Crippen LogP contribution is 2.35. The van der Waals surface area contributed by atoms with Gasteiger partial charge >= 0.3 is 0 Å². The fourth-order valence-corrected chi connectivity index (χ4v) is 2.95. The van der Waals surface area contributed by atoms with Crippen LogP contribution in [0.4, 0.5) is 11.5 Å². The third-order valence-corrected chi connectivity index (χ3v) is 3.97. The number of rotatable bonds is 1. The van der Waals surface area contributed by atoms with Gasteiger partial charge in [-0.3, -0.25) is 0 Å². The van der Waals surface area contributed by atoms with Gasteiger partial charge in [-0.05, 0) is 30.2 Å². The number of benzene rings is 2. The second-order valence-electron chi connectivity index (χ2n) is 5.19. The van der Waals surface area contributed by atoms with Crippen molar-refractivity contribution in [2.45, 2.75) is 6.42 Å². The van der Waals surface area contributed by atoms with Crippen LogP contribution in [0.5, 0.6) is 0 Å². The summed E-state index contributed by atoms with van der Waals surface area (Å²) >= 11 is 0. The number of hydrogen-bond donors (Lipinski definition) is 0. The van der Waals surface area contributed by atoms with Crippen molar-refractivity contribution in [2.24, 2.45) is 0 Å². The molecule has 0 radical (unpaired) electrons. The molecule has 21 heavy (non-hydrogen) atoms. The Morgan fingerprint density at radius 1 is 1.05 bits per heavy atom. The van der Waals surface area contributed by atoms with Crippen molar-refractivity contribution >= 4 is 22.4 Å². The third-order valence-electron chi connectivity index (χ3n) is 3.97. The summed E-state index contributed by atoms with van der Waals surface area (Å²) in [6, 6.07) is 20.5. The van der Waals surface area contributed by atoms with Gasteiger partial charge in [-0.2, -0.15) is 5.26 Å². The fourth-order valence-electron chi connectivity index (χ4n) is 2.95. The summed E-state index contributed by atoms with van der Waals surface area (Å²) in [6.07, 6.45) is 0.996. The second kappa shape index (κ2) is 4.60. The molecule has 1 aliphatic heterocycles. The summed E-state index contributed by atoms with van der Waals surface area (Å²) in [6.45, 7) is 0.874. The Bertz CT molecular complexity index is 877. The lowest BCUT2D eigenvalue weighted by Crippen LogP contribution is -2.16. The van der Waals surface area contributed by atoms with Gasteiger partial charge < -0.3 is 4.90 Å². The molecule has 3 nitrogen and oxygen atoms in total. The Morgan fingerprint density at radius 3 is 2.76 bits per heavy atom. The minimum atomic E-state index is 0.630. The molecule has 0 N–H and O–H groups in total. The van der Waals surface area contributed by atoms with E-state index in [1.807, 2.05) is 36.4 Å². The minimum Gasteiger partial charge on any atom is -0.325 e. The molecule has 100 valence electrons. The average molecular weight is 271 g/mol. The molecular formula is C18H13N3. The van der Waals surface area contributed by atoms with Gasteiger partial charge in [-0.15, -0.1) is 0 Å². The highest BCUT2D eigenvalue weighted by molar-refractivity contribution is 5.85. The van der Waals surface area contributed by atoms with E-state index in [0.717, 1.165) is 35.4 Å². The Labute approximate surface area is 123 Å². The maximum Gasteiger partial charge on any atom is 0.151 e. The summed E-state index contributed by atoms with van der Waals surface area (Å²) < 4.78 is 0. The van der Waals surface area contributed by atoms with Crippen LogP contribution in [0.1, 0.15) is 11.1 Å². The van der Waals surface area contributed by atoms with E-state index in [-0.39, 0.29) is 0 Å². The standard InChI is InChI=1S/C18H13N3/c19-12-15-11-14-6-1-3-7-16(14)20-18(15)21-10-9-13-5-2-4-8-17(13)21/h1-8,11H,9-10H2. The third kappa shape index (κ3) is 1.85. The molecular weight excluding hydrogens is 258 g/mol. The molecule has 0 unspecified atom stereocenters. The van der Waals surface area contributed by atoms with Gasteiger partial charge in [0.15, 0.2) is 5.82 Å². The predicted octanol–water partition coefficient (Wildman–Crippen LogP) is 3.80. The Hall–Kier alpha value is -2.86. The lowest BCUT2D eigenvalue weighted by atomic mass is 10.1. The number of aromatic nitrogens is 1. The lowest BCUT2D eigenvalue weighted by molar-refractivity contribution is 0.977. The highest BCUT2D eigenvalue weighted by Gasteiger charge is 2.23. The van der Waals surface area contributed by atoms with E-state index in [0.29, 0.717) is 5.56 Å². The first-order chi connectivity index (χ1) is 10.4. The zero-order chi connectivity index (χ0) is 14.2. The molecule has 0 saturated heterocycles. The normalized spacial score (nSPS) is 13.2. The first-order valence-corrected chi connectivity index (χ1v) is 7.02. The number of nitrogens with zero attached hydrogens (tertiary/aromatic N) is 3. The molecule has 4 rings (SSSR count). The van der Waals surface area contributed by atoms with Crippen LogP contribution in [0.2, 0.25) is 0 Å². The van der Waals surface area contributed by atoms with Crippen LogP contribution in [0.15, 0.2) is 54.6 Å². The molecule has 0 spiro atoms. The van der Waals surface area contributed by atoms with Crippen LogP contribution in [0, 0.1) is 11.3 Å². The van der Waals surface area contributed by atoms with Crippen LogP contribution < -0.4 is 4.90 Å². The first kappa shape index (κ1) is 11.9. The second-order valence-corrected chi connectivity index (χ2v) is 5.19. The van der Waals surface area contributed by atoms with Crippen LogP contribution in [0.3, 0.4) is 0 Å². The minimum absolute atomic E-state index is 0.630. The SMILES string of the molecule is N#Cc1cc2ccccc2nc1N1CCc2ccccc21. The Balaban J connectivity index is 1.93. The summed E-state index contributed by atoms with van der Waals surface area (Å²) in [5.74, 6) is 0.765. The molecule has 0 bridgehead atoms. The Morgan fingerprint density at radius 2 is 1.86 bits per heavy atom. The number of para-hydroxylation sites is 2. The largest absolute Gasteiger partial charge is 0.325 e. The van der Waals surface area contributed by atoms with E-state index in [4.69, 9.17) is 4.98 Å². The van der Waals surface area contributed by atoms with Crippen LogP contribution in [0.25, 0.3) is 10.9 Å². The summed E-state index contributed by atoms with van der Waals surface area (Å²) in [5.41, 5.74) is 4.04. The van der Waals surface area contributed by atoms with Crippen molar-refractivity contribution in [3.63, 3.8) is 0 Å². The molecule has 3 heteroatoms. The molecule has 2 aromatic carbocycles. The van der Waals surface area contributed by atoms with Crippen molar-refractivity contribution in [3.05, 3.63) is 65.7 Å². The van der Waals surface area contributed by atoms with Gasteiger partial charge in [0.2, 0.25) is 0 Å². The maximum atomic E-state index is 9.47. The van der Waals surface area contributed by atoms with E-state index >= 15 is 0 Å². The number of hydrogen-bond acceptors (Lipinski definition) is 3. The average Bonchev–Trinajstić information content (AvgIpc) is 2.97. The predicted molar refractivity (Wildman–Crippen MR) is 83.6 cm³/mol. The van der Waals surface area contributed by atoms with Gasteiger partial charge in [0.05, 0.1) is 11.1 Å². The summed E-state index contributed by atoms with van der Waals surface area (Å²) in [5, 5.41) is 10.5. The zero-order valence-corrected chi connectivity index (χ0v) is 11.5. The van der Waals surface area contributed by atoms with E-state index < -0.39 is 0 Å². The van der Waals surface area contributed by atoms with E-state index in [1.165, 1.54) is 5.56 Å². The number of pyridine rings is 1. The van der Waals surface area contributed by atoms with Crippen molar-refractivity contribution in [1.82, 2.24) is 4.98 Å². The number of nitriles is 1. The van der Waals surface area contributed by atoms with Gasteiger partial charge in [0.25, 0.3) is 0 Å². The van der Waals surface area contributed by atoms with Crippen LogP contribution in [-0.2, 0) is 6.42 Å². The summed E-state index contributed by atoms with van der Waals surface area (Å²) in [7, 11) is 0. The van der Waals surface area contributed by atoms with Crippen molar-refractivity contribution in [3.8, 4) is 6.07 Å². The molecule has 1 aliphatic rings. The smallest absolute Gasteiger partial charge is 0.151 e. The summed E-state index contributed by atoms with van der Waals surface area (Å²) in [4.78, 5) is 6.88. The van der Waals surface area contributed by atoms with Crippen molar-refractivity contribution in [2.75, 3.05) is 11.4 Å². The highest BCUT2D eigenvalue weighted by atomic mass is 15.2. The van der Waals surface area contributed by atoms with Gasteiger partial charge in [-0.1, -0.05) is 36.4 Å². The molecule has 2 heterocycles. The van der Waals surface area contributed by atoms with Crippen molar-refractivity contribution in [1.29, 1.82) is 5.26 Å². The molecule has 0 aliphatic carbocycles. The van der Waals surface area contributed by atoms with Gasteiger partial charge in [-0.25, -0.2) is 4.98 Å². The quantitative estimate of drug-likeness (QED) is 0.676. The molecule has 3 aromatic rings. The van der Waals surface area contributed by atoms with E-state index in [9.17, 15) is 5.26 Å². The van der Waals surface area contributed by atoms with E-state index in [1.54, 1.807) is 0 Å². The Kier molecular flexibility index (Phi) is 2.61. The molecule has 1 aromatic heterocycles.